The number of carbonyl (C=O) groups is 1. The summed E-state index contributed by atoms with van der Waals surface area (Å²) in [7, 11) is 0. The quantitative estimate of drug-likeness (QED) is 0.716. The van der Waals surface area contributed by atoms with Crippen LogP contribution in [0.4, 0.5) is 0 Å². The number of ether oxygens (including phenoxy) is 3. The van der Waals surface area contributed by atoms with E-state index >= 15 is 0 Å². The van der Waals surface area contributed by atoms with Crippen LogP contribution in [0.25, 0.3) is 0 Å². The summed E-state index contributed by atoms with van der Waals surface area (Å²) in [5.41, 5.74) is 3.36. The van der Waals surface area contributed by atoms with Crippen molar-refractivity contribution in [2.24, 2.45) is 0 Å². The summed E-state index contributed by atoms with van der Waals surface area (Å²) in [5, 5.41) is 0. The first-order chi connectivity index (χ1) is 15.2. The lowest BCUT2D eigenvalue weighted by Crippen LogP contribution is -2.48. The molecule has 1 amide bonds. The molecular formula is C25H30N2O4. The molecule has 6 nitrogen and oxygen atoms in total. The second-order valence-electron chi connectivity index (χ2n) is 8.58. The van der Waals surface area contributed by atoms with Crippen LogP contribution in [-0.2, 0) is 17.7 Å². The van der Waals surface area contributed by atoms with Crippen molar-refractivity contribution in [1.82, 2.24) is 9.80 Å². The van der Waals surface area contributed by atoms with Crippen LogP contribution in [0.2, 0.25) is 0 Å². The molecular weight excluding hydrogens is 392 g/mol. The Morgan fingerprint density at radius 3 is 2.65 bits per heavy atom. The second-order valence-corrected chi connectivity index (χ2v) is 8.58. The first kappa shape index (κ1) is 20.3. The smallest absolute Gasteiger partial charge is 0.253 e. The molecule has 0 bridgehead atoms. The zero-order chi connectivity index (χ0) is 21.0. The normalized spacial score (nSPS) is 21.0. The van der Waals surface area contributed by atoms with Gasteiger partial charge in [-0.3, -0.25) is 9.69 Å². The molecule has 2 saturated heterocycles. The largest absolute Gasteiger partial charge is 0.493 e. The van der Waals surface area contributed by atoms with Gasteiger partial charge in [0.2, 0.25) is 0 Å². The van der Waals surface area contributed by atoms with Gasteiger partial charge in [0.1, 0.15) is 18.1 Å². The summed E-state index contributed by atoms with van der Waals surface area (Å²) in [6.45, 7) is 6.41. The van der Waals surface area contributed by atoms with E-state index in [0.717, 1.165) is 82.3 Å². The molecule has 0 radical (unpaired) electrons. The van der Waals surface area contributed by atoms with Crippen LogP contribution in [-0.4, -0.2) is 67.8 Å². The Balaban J connectivity index is 1.10. The van der Waals surface area contributed by atoms with E-state index in [0.29, 0.717) is 6.61 Å². The summed E-state index contributed by atoms with van der Waals surface area (Å²) in [4.78, 5) is 17.3. The minimum Gasteiger partial charge on any atom is -0.493 e. The van der Waals surface area contributed by atoms with Crippen LogP contribution in [0.3, 0.4) is 0 Å². The molecule has 3 heterocycles. The number of benzene rings is 2. The van der Waals surface area contributed by atoms with Gasteiger partial charge in [-0.25, -0.2) is 0 Å². The van der Waals surface area contributed by atoms with Crippen LogP contribution in [0.1, 0.15) is 34.3 Å². The van der Waals surface area contributed by atoms with Crippen molar-refractivity contribution in [3.8, 4) is 11.5 Å². The zero-order valence-corrected chi connectivity index (χ0v) is 17.9. The molecule has 3 aliphatic heterocycles. The van der Waals surface area contributed by atoms with Crippen molar-refractivity contribution in [3.05, 3.63) is 59.2 Å². The zero-order valence-electron chi connectivity index (χ0n) is 17.9. The summed E-state index contributed by atoms with van der Waals surface area (Å²) in [6.07, 6.45) is 3.37. The lowest BCUT2D eigenvalue weighted by Gasteiger charge is -2.35. The number of carbonyl (C=O) groups excluding carboxylic acids is 1. The van der Waals surface area contributed by atoms with Crippen molar-refractivity contribution in [2.75, 3.05) is 46.0 Å². The molecule has 2 fully saturated rings. The molecule has 6 heteroatoms. The first-order valence-electron chi connectivity index (χ1n) is 11.4. The van der Waals surface area contributed by atoms with E-state index in [1.54, 1.807) is 0 Å². The molecule has 0 unspecified atom stereocenters. The Kier molecular flexibility index (Phi) is 6.09. The molecule has 1 atom stereocenters. The topological polar surface area (TPSA) is 51.2 Å². The summed E-state index contributed by atoms with van der Waals surface area (Å²) in [5.74, 6) is 1.92. The maximum absolute atomic E-state index is 12.9. The Hall–Kier alpha value is -2.57. The monoisotopic (exact) mass is 422 g/mol. The minimum atomic E-state index is 0.0972. The van der Waals surface area contributed by atoms with Gasteiger partial charge in [0, 0.05) is 51.3 Å². The summed E-state index contributed by atoms with van der Waals surface area (Å²) < 4.78 is 17.0. The average Bonchev–Trinajstić information content (AvgIpc) is 3.50. The number of hydrogen-bond donors (Lipinski definition) is 0. The highest BCUT2D eigenvalue weighted by Gasteiger charge is 2.23. The van der Waals surface area contributed by atoms with Gasteiger partial charge in [-0.2, -0.15) is 0 Å². The van der Waals surface area contributed by atoms with Crippen LogP contribution < -0.4 is 9.47 Å². The number of amides is 1. The fourth-order valence-electron chi connectivity index (χ4n) is 4.55. The predicted octanol–water partition coefficient (Wildman–Crippen LogP) is 3.14. The van der Waals surface area contributed by atoms with Crippen LogP contribution in [0.15, 0.2) is 42.5 Å². The van der Waals surface area contributed by atoms with Crippen molar-refractivity contribution in [2.45, 2.75) is 31.9 Å². The maximum atomic E-state index is 12.9. The molecule has 31 heavy (non-hydrogen) atoms. The predicted molar refractivity (Wildman–Crippen MR) is 118 cm³/mol. The molecule has 0 saturated carbocycles. The SMILES string of the molecule is O=C(c1ccc(OC[C@@H]2CCCO2)cc1)N1CCN(Cc2ccc3c(c2)CCO3)CC1. The molecule has 5 rings (SSSR count). The van der Waals surface area contributed by atoms with Crippen molar-refractivity contribution in [1.29, 1.82) is 0 Å². The summed E-state index contributed by atoms with van der Waals surface area (Å²) >= 11 is 0. The highest BCUT2D eigenvalue weighted by molar-refractivity contribution is 5.94. The number of fused-ring (bicyclic) bond motifs is 1. The molecule has 0 aromatic heterocycles. The Labute approximate surface area is 183 Å². The number of hydrogen-bond acceptors (Lipinski definition) is 5. The Morgan fingerprint density at radius 2 is 1.87 bits per heavy atom. The molecule has 2 aromatic carbocycles. The lowest BCUT2D eigenvalue weighted by molar-refractivity contribution is 0.0627. The van der Waals surface area contributed by atoms with Crippen LogP contribution in [0, 0.1) is 0 Å². The van der Waals surface area contributed by atoms with Crippen molar-refractivity contribution < 1.29 is 19.0 Å². The maximum Gasteiger partial charge on any atom is 0.253 e. The lowest BCUT2D eigenvalue weighted by atomic mass is 10.1. The number of nitrogens with zero attached hydrogens (tertiary/aromatic N) is 2. The highest BCUT2D eigenvalue weighted by atomic mass is 16.5. The molecule has 0 spiro atoms. The van der Waals surface area contributed by atoms with Gasteiger partial charge in [0.05, 0.1) is 12.7 Å². The van der Waals surface area contributed by atoms with Gasteiger partial charge >= 0.3 is 0 Å². The van der Waals surface area contributed by atoms with E-state index in [1.807, 2.05) is 29.2 Å². The van der Waals surface area contributed by atoms with Gasteiger partial charge in [0.25, 0.3) is 5.91 Å². The molecule has 0 N–H and O–H groups in total. The van der Waals surface area contributed by atoms with Gasteiger partial charge in [-0.15, -0.1) is 0 Å². The van der Waals surface area contributed by atoms with Gasteiger partial charge in [0.15, 0.2) is 0 Å². The highest BCUT2D eigenvalue weighted by Crippen LogP contribution is 2.26. The third-order valence-electron chi connectivity index (χ3n) is 6.38. The molecule has 2 aromatic rings. The van der Waals surface area contributed by atoms with Crippen LogP contribution in [0.5, 0.6) is 11.5 Å². The number of rotatable bonds is 6. The molecule has 0 aliphatic carbocycles. The second kappa shape index (κ2) is 9.28. The number of piperazine rings is 1. The Morgan fingerprint density at radius 1 is 1.03 bits per heavy atom. The molecule has 164 valence electrons. The van der Waals surface area contributed by atoms with E-state index in [9.17, 15) is 4.79 Å². The van der Waals surface area contributed by atoms with Gasteiger partial charge in [-0.1, -0.05) is 12.1 Å². The minimum absolute atomic E-state index is 0.0972. The first-order valence-corrected chi connectivity index (χ1v) is 11.4. The fraction of sp³-hybridized carbons (Fsp3) is 0.480. The van der Waals surface area contributed by atoms with Crippen LogP contribution >= 0.6 is 0 Å². The van der Waals surface area contributed by atoms with Gasteiger partial charge in [-0.05, 0) is 54.3 Å². The van der Waals surface area contributed by atoms with E-state index in [1.165, 1.54) is 11.1 Å². The average molecular weight is 423 g/mol. The summed E-state index contributed by atoms with van der Waals surface area (Å²) in [6, 6.07) is 14.0. The van der Waals surface area contributed by atoms with E-state index in [2.05, 4.69) is 23.1 Å². The standard InChI is InChI=1S/C25H30N2O4/c28-25(20-4-6-22(7-5-20)31-18-23-2-1-14-29-23)27-12-10-26(11-13-27)17-19-3-8-24-21(16-19)9-15-30-24/h3-8,16,23H,1-2,9-15,17-18H2/t23-/m0/s1. The van der Waals surface area contributed by atoms with Crippen molar-refractivity contribution >= 4 is 5.91 Å². The molecule has 3 aliphatic rings. The fourth-order valence-corrected chi connectivity index (χ4v) is 4.55. The third-order valence-corrected chi connectivity index (χ3v) is 6.38. The van der Waals surface area contributed by atoms with E-state index in [-0.39, 0.29) is 12.0 Å². The third kappa shape index (κ3) is 4.86. The van der Waals surface area contributed by atoms with E-state index < -0.39 is 0 Å². The van der Waals surface area contributed by atoms with Crippen molar-refractivity contribution in [3.63, 3.8) is 0 Å². The Bertz CT molecular complexity index is 900. The van der Waals surface area contributed by atoms with Gasteiger partial charge < -0.3 is 19.1 Å². The van der Waals surface area contributed by atoms with E-state index in [4.69, 9.17) is 14.2 Å².